The van der Waals surface area contributed by atoms with Gasteiger partial charge in [-0.25, -0.2) is 0 Å². The predicted molar refractivity (Wildman–Crippen MR) is 140 cm³/mol. The van der Waals surface area contributed by atoms with Crippen LogP contribution in [0.2, 0.25) is 0 Å². The van der Waals surface area contributed by atoms with Gasteiger partial charge in [-0.1, -0.05) is 110 Å². The normalized spacial score (nSPS) is 7.41. The number of hydrogen-bond acceptors (Lipinski definition) is 0. The molecular formula is C26H53Br. The van der Waals surface area contributed by atoms with Crippen molar-refractivity contribution in [2.24, 2.45) is 0 Å². The summed E-state index contributed by atoms with van der Waals surface area (Å²) in [5, 5.41) is 1.06. The van der Waals surface area contributed by atoms with E-state index in [1.807, 2.05) is 13.8 Å². The molecular weight excluding hydrogens is 392 g/mol. The van der Waals surface area contributed by atoms with Gasteiger partial charge in [-0.15, -0.1) is 24.2 Å². The minimum absolute atomic E-state index is 0. The van der Waals surface area contributed by atoms with Gasteiger partial charge in [0, 0.05) is 24.6 Å². The number of hydrogen-bond donors (Lipinski definition) is 0. The van der Waals surface area contributed by atoms with Crippen LogP contribution in [0.25, 0.3) is 0 Å². The van der Waals surface area contributed by atoms with Crippen molar-refractivity contribution in [3.8, 4) is 24.2 Å². The zero-order chi connectivity index (χ0) is 20.6. The van der Waals surface area contributed by atoms with Crippen molar-refractivity contribution in [1.29, 1.82) is 0 Å². The van der Waals surface area contributed by atoms with E-state index in [0.29, 0.717) is 0 Å². The zero-order valence-corrected chi connectivity index (χ0v) is 20.0. The number of alkyl halides is 1. The SMILES string of the molecule is C.C.C#CCC.CC/C=C/CC.CC/C=C\CC.CCBr.CCC#CCC. The largest absolute Gasteiger partial charge is 0.120 e. The third kappa shape index (κ3) is 162. The number of terminal acetylenes is 1. The number of allylic oxidation sites excluding steroid dienone is 4. The average Bonchev–Trinajstić information content (AvgIpc) is 2.64. The topological polar surface area (TPSA) is 0 Å². The maximum Gasteiger partial charge on any atom is 0.00602 e. The molecule has 164 valence electrons. The minimum Gasteiger partial charge on any atom is -0.120 e. The monoisotopic (exact) mass is 444 g/mol. The summed E-state index contributed by atoms with van der Waals surface area (Å²) < 4.78 is 0. The Morgan fingerprint density at radius 2 is 0.778 bits per heavy atom. The Kier molecular flexibility index (Phi) is 122. The zero-order valence-electron chi connectivity index (χ0n) is 18.4. The maximum absolute atomic E-state index is 4.78. The summed E-state index contributed by atoms with van der Waals surface area (Å²) in [7, 11) is 0. The standard InChI is InChI=1S/2C6H12.C6H10.C4H6.C2H5Br.2CH4/c3*1-3-5-6-4-2;1-3-4-2;1-2-3;;/h2*5-6H,3-4H2,1-2H3;3-4H2,1-2H3;1H,4H2,2H3;2H2,1H3;2*1H4/b6-5+;6-5-;;;;;. The van der Waals surface area contributed by atoms with Crippen LogP contribution in [0.5, 0.6) is 0 Å². The molecule has 0 rings (SSSR count). The van der Waals surface area contributed by atoms with E-state index in [-0.39, 0.29) is 14.9 Å². The van der Waals surface area contributed by atoms with Crippen molar-refractivity contribution >= 4 is 15.9 Å². The summed E-state index contributed by atoms with van der Waals surface area (Å²) in [5.74, 6) is 8.33. The van der Waals surface area contributed by atoms with Crippen LogP contribution in [-0.4, -0.2) is 5.33 Å². The van der Waals surface area contributed by atoms with Crippen molar-refractivity contribution < 1.29 is 0 Å². The van der Waals surface area contributed by atoms with E-state index < -0.39 is 0 Å². The summed E-state index contributed by atoms with van der Waals surface area (Å²) in [6.45, 7) is 16.7. The maximum atomic E-state index is 4.78. The van der Waals surface area contributed by atoms with E-state index in [9.17, 15) is 0 Å². The lowest BCUT2D eigenvalue weighted by molar-refractivity contribution is 1.16. The van der Waals surface area contributed by atoms with Crippen LogP contribution >= 0.6 is 15.9 Å². The second-order valence-corrected chi connectivity index (χ2v) is 5.58. The summed E-state index contributed by atoms with van der Waals surface area (Å²) >= 11 is 3.15. The molecule has 0 aromatic rings. The third-order valence-electron chi connectivity index (χ3n) is 1.96. The highest BCUT2D eigenvalue weighted by Gasteiger charge is 1.60. The molecule has 0 aliphatic carbocycles. The molecule has 0 aromatic heterocycles. The molecule has 0 N–H and O–H groups in total. The Morgan fingerprint density at radius 1 is 0.593 bits per heavy atom. The number of halogens is 1. The average molecular weight is 446 g/mol. The molecule has 0 atom stereocenters. The summed E-state index contributed by atoms with van der Waals surface area (Å²) in [6.07, 6.45) is 21.0. The van der Waals surface area contributed by atoms with Crippen molar-refractivity contribution in [2.75, 3.05) is 5.33 Å². The molecule has 0 aliphatic rings. The second kappa shape index (κ2) is 73.4. The Morgan fingerprint density at radius 3 is 0.852 bits per heavy atom. The van der Waals surface area contributed by atoms with Gasteiger partial charge >= 0.3 is 0 Å². The molecule has 0 heterocycles. The fourth-order valence-electron chi connectivity index (χ4n) is 0.917. The van der Waals surface area contributed by atoms with Gasteiger partial charge in [0.2, 0.25) is 0 Å². The fraction of sp³-hybridized carbons (Fsp3) is 0.692. The second-order valence-electron chi connectivity index (χ2n) is 4.46. The van der Waals surface area contributed by atoms with Gasteiger partial charge in [-0.05, 0) is 25.7 Å². The van der Waals surface area contributed by atoms with Gasteiger partial charge < -0.3 is 0 Å². The molecule has 0 bridgehead atoms. The molecule has 0 saturated heterocycles. The van der Waals surface area contributed by atoms with E-state index in [1.165, 1.54) is 25.7 Å². The highest BCUT2D eigenvalue weighted by Crippen LogP contribution is 1.82. The van der Waals surface area contributed by atoms with Crippen molar-refractivity contribution in [2.45, 2.75) is 115 Å². The quantitative estimate of drug-likeness (QED) is 0.229. The first-order chi connectivity index (χ1) is 12.1. The van der Waals surface area contributed by atoms with Crippen molar-refractivity contribution in [3.05, 3.63) is 24.3 Å². The summed E-state index contributed by atoms with van der Waals surface area (Å²) in [5.41, 5.74) is 0. The van der Waals surface area contributed by atoms with Crippen LogP contribution in [0, 0.1) is 24.2 Å². The molecule has 0 amide bonds. The molecule has 0 aromatic carbocycles. The fourth-order valence-corrected chi connectivity index (χ4v) is 0.917. The molecule has 0 saturated carbocycles. The summed E-state index contributed by atoms with van der Waals surface area (Å²) in [6, 6.07) is 0. The first-order valence-electron chi connectivity index (χ1n) is 9.82. The van der Waals surface area contributed by atoms with Gasteiger partial charge in [0.1, 0.15) is 0 Å². The Hall–Kier alpha value is -0.920. The van der Waals surface area contributed by atoms with Crippen LogP contribution in [0.3, 0.4) is 0 Å². The Balaban J connectivity index is -0.0000000371. The molecule has 0 spiro atoms. The van der Waals surface area contributed by atoms with Gasteiger partial charge in [-0.2, -0.15) is 0 Å². The van der Waals surface area contributed by atoms with Crippen LogP contribution in [-0.2, 0) is 0 Å². The molecule has 0 nitrogen and oxygen atoms in total. The van der Waals surface area contributed by atoms with E-state index in [2.05, 4.69) is 99.5 Å². The third-order valence-corrected chi connectivity index (χ3v) is 1.96. The molecule has 1 heteroatoms. The Bertz CT molecular complexity index is 273. The Labute approximate surface area is 184 Å². The van der Waals surface area contributed by atoms with E-state index >= 15 is 0 Å². The smallest absolute Gasteiger partial charge is 0.00602 e. The van der Waals surface area contributed by atoms with Crippen molar-refractivity contribution in [1.82, 2.24) is 0 Å². The first-order valence-corrected chi connectivity index (χ1v) is 10.9. The predicted octanol–water partition coefficient (Wildman–Crippen LogP) is 10.2. The molecule has 0 radical (unpaired) electrons. The minimum atomic E-state index is 0. The van der Waals surface area contributed by atoms with Crippen LogP contribution in [0.15, 0.2) is 24.3 Å². The van der Waals surface area contributed by atoms with Gasteiger partial charge in [0.25, 0.3) is 0 Å². The lowest BCUT2D eigenvalue weighted by atomic mass is 10.4. The lowest BCUT2D eigenvalue weighted by Crippen LogP contribution is -1.52. The van der Waals surface area contributed by atoms with Crippen molar-refractivity contribution in [3.63, 3.8) is 0 Å². The van der Waals surface area contributed by atoms with Gasteiger partial charge in [-0.3, -0.25) is 0 Å². The molecule has 0 fully saturated rings. The van der Waals surface area contributed by atoms with E-state index in [1.54, 1.807) is 0 Å². The van der Waals surface area contributed by atoms with Crippen LogP contribution in [0.1, 0.15) is 115 Å². The molecule has 27 heavy (non-hydrogen) atoms. The highest BCUT2D eigenvalue weighted by atomic mass is 79.9. The summed E-state index contributed by atoms with van der Waals surface area (Å²) in [4.78, 5) is 0. The van der Waals surface area contributed by atoms with Gasteiger partial charge in [0.05, 0.1) is 0 Å². The first kappa shape index (κ1) is 45.1. The van der Waals surface area contributed by atoms with E-state index in [4.69, 9.17) is 6.42 Å². The van der Waals surface area contributed by atoms with Crippen LogP contribution < -0.4 is 0 Å². The number of rotatable bonds is 4. The van der Waals surface area contributed by atoms with Crippen LogP contribution in [0.4, 0.5) is 0 Å². The van der Waals surface area contributed by atoms with E-state index in [0.717, 1.165) is 24.6 Å². The van der Waals surface area contributed by atoms with Gasteiger partial charge in [0.15, 0.2) is 0 Å². The highest BCUT2D eigenvalue weighted by molar-refractivity contribution is 9.09. The molecule has 0 aliphatic heterocycles. The lowest BCUT2D eigenvalue weighted by Gasteiger charge is -1.72. The molecule has 0 unspecified atom stereocenters.